The van der Waals surface area contributed by atoms with Gasteiger partial charge >= 0.3 is 0 Å². The molecule has 1 aliphatic rings. The SMILES string of the molecule is Cc1cc(C)cc(O[C@H](C)C(=O)Nc2ccc(N3CCCC3)cc2)c1. The van der Waals surface area contributed by atoms with Gasteiger partial charge in [-0.15, -0.1) is 0 Å². The van der Waals surface area contributed by atoms with Gasteiger partial charge in [-0.25, -0.2) is 0 Å². The van der Waals surface area contributed by atoms with E-state index in [2.05, 4.69) is 28.4 Å². The van der Waals surface area contributed by atoms with Crippen molar-refractivity contribution in [3.8, 4) is 5.75 Å². The fourth-order valence-corrected chi connectivity index (χ4v) is 3.23. The lowest BCUT2D eigenvalue weighted by Gasteiger charge is -2.18. The van der Waals surface area contributed by atoms with Crippen molar-refractivity contribution in [1.29, 1.82) is 0 Å². The molecule has 0 aromatic heterocycles. The van der Waals surface area contributed by atoms with Gasteiger partial charge in [0, 0.05) is 24.5 Å². The second-order valence-corrected chi connectivity index (χ2v) is 6.81. The van der Waals surface area contributed by atoms with E-state index in [1.54, 1.807) is 6.92 Å². The van der Waals surface area contributed by atoms with E-state index in [4.69, 9.17) is 4.74 Å². The van der Waals surface area contributed by atoms with Crippen LogP contribution in [0.2, 0.25) is 0 Å². The number of amides is 1. The average Bonchev–Trinajstić information content (AvgIpc) is 3.09. The first-order chi connectivity index (χ1) is 12.0. The minimum Gasteiger partial charge on any atom is -0.481 e. The van der Waals surface area contributed by atoms with Gasteiger partial charge < -0.3 is 15.0 Å². The maximum atomic E-state index is 12.4. The Morgan fingerprint density at radius 2 is 1.64 bits per heavy atom. The van der Waals surface area contributed by atoms with Gasteiger partial charge in [0.25, 0.3) is 5.91 Å². The molecule has 0 unspecified atom stereocenters. The molecule has 2 aromatic carbocycles. The molecule has 4 heteroatoms. The van der Waals surface area contributed by atoms with E-state index in [1.165, 1.54) is 18.5 Å². The Labute approximate surface area is 149 Å². The van der Waals surface area contributed by atoms with Crippen molar-refractivity contribution in [2.45, 2.75) is 39.7 Å². The Kier molecular flexibility index (Phi) is 5.27. The van der Waals surface area contributed by atoms with Gasteiger partial charge in [0.15, 0.2) is 6.10 Å². The lowest BCUT2D eigenvalue weighted by atomic mass is 10.1. The van der Waals surface area contributed by atoms with Crippen molar-refractivity contribution in [3.63, 3.8) is 0 Å². The molecule has 0 radical (unpaired) electrons. The van der Waals surface area contributed by atoms with Crippen molar-refractivity contribution < 1.29 is 9.53 Å². The van der Waals surface area contributed by atoms with E-state index in [1.807, 2.05) is 38.1 Å². The first-order valence-electron chi connectivity index (χ1n) is 8.92. The van der Waals surface area contributed by atoms with E-state index in [9.17, 15) is 4.79 Å². The smallest absolute Gasteiger partial charge is 0.265 e. The minimum absolute atomic E-state index is 0.145. The molecule has 1 amide bonds. The van der Waals surface area contributed by atoms with Gasteiger partial charge in [-0.3, -0.25) is 4.79 Å². The maximum absolute atomic E-state index is 12.4. The number of ether oxygens (including phenoxy) is 1. The normalized spacial score (nSPS) is 15.1. The predicted octanol–water partition coefficient (Wildman–Crippen LogP) is 4.31. The Morgan fingerprint density at radius 1 is 1.04 bits per heavy atom. The molecule has 3 rings (SSSR count). The molecule has 1 atom stereocenters. The molecule has 1 fully saturated rings. The third-order valence-corrected chi connectivity index (χ3v) is 4.48. The number of hydrogen-bond donors (Lipinski definition) is 1. The summed E-state index contributed by atoms with van der Waals surface area (Å²) in [4.78, 5) is 14.8. The largest absolute Gasteiger partial charge is 0.481 e. The van der Waals surface area contributed by atoms with Crippen molar-refractivity contribution >= 4 is 17.3 Å². The fourth-order valence-electron chi connectivity index (χ4n) is 3.23. The van der Waals surface area contributed by atoms with E-state index in [0.717, 1.165) is 35.7 Å². The molecule has 1 saturated heterocycles. The third kappa shape index (κ3) is 4.53. The number of nitrogens with zero attached hydrogens (tertiary/aromatic N) is 1. The molecule has 1 heterocycles. The van der Waals surface area contributed by atoms with Crippen LogP contribution in [-0.2, 0) is 4.79 Å². The summed E-state index contributed by atoms with van der Waals surface area (Å²) in [5.41, 5.74) is 4.26. The van der Waals surface area contributed by atoms with Crippen LogP contribution < -0.4 is 15.0 Å². The topological polar surface area (TPSA) is 41.6 Å². The number of rotatable bonds is 5. The highest BCUT2D eigenvalue weighted by Gasteiger charge is 2.16. The zero-order valence-corrected chi connectivity index (χ0v) is 15.2. The van der Waals surface area contributed by atoms with Crippen molar-refractivity contribution in [3.05, 3.63) is 53.6 Å². The van der Waals surface area contributed by atoms with Crippen LogP contribution in [0.15, 0.2) is 42.5 Å². The number of carbonyl (C=O) groups excluding carboxylic acids is 1. The molecule has 0 bridgehead atoms. The van der Waals surface area contributed by atoms with E-state index >= 15 is 0 Å². The van der Waals surface area contributed by atoms with Gasteiger partial charge in [-0.1, -0.05) is 6.07 Å². The van der Waals surface area contributed by atoms with Crippen LogP contribution in [0.3, 0.4) is 0 Å². The number of carbonyl (C=O) groups is 1. The van der Waals surface area contributed by atoms with Gasteiger partial charge in [0.05, 0.1) is 0 Å². The van der Waals surface area contributed by atoms with Crippen LogP contribution in [0.4, 0.5) is 11.4 Å². The second kappa shape index (κ2) is 7.60. The van der Waals surface area contributed by atoms with E-state index in [-0.39, 0.29) is 5.91 Å². The molecule has 4 nitrogen and oxygen atoms in total. The number of hydrogen-bond acceptors (Lipinski definition) is 3. The third-order valence-electron chi connectivity index (χ3n) is 4.48. The molecule has 0 aliphatic carbocycles. The van der Waals surface area contributed by atoms with Crippen molar-refractivity contribution in [1.82, 2.24) is 0 Å². The first kappa shape index (κ1) is 17.3. The van der Waals surface area contributed by atoms with Crippen molar-refractivity contribution in [2.75, 3.05) is 23.3 Å². The Balaban J connectivity index is 1.59. The van der Waals surface area contributed by atoms with Crippen LogP contribution >= 0.6 is 0 Å². The molecule has 25 heavy (non-hydrogen) atoms. The van der Waals surface area contributed by atoms with Crippen LogP contribution in [0.25, 0.3) is 0 Å². The number of aryl methyl sites for hydroxylation is 2. The summed E-state index contributed by atoms with van der Waals surface area (Å²) in [6.45, 7) is 8.05. The van der Waals surface area contributed by atoms with Crippen LogP contribution in [-0.4, -0.2) is 25.1 Å². The molecule has 1 aliphatic heterocycles. The van der Waals surface area contributed by atoms with Crippen molar-refractivity contribution in [2.24, 2.45) is 0 Å². The summed E-state index contributed by atoms with van der Waals surface area (Å²) in [5.74, 6) is 0.581. The highest BCUT2D eigenvalue weighted by atomic mass is 16.5. The van der Waals surface area contributed by atoms with Crippen LogP contribution in [0.1, 0.15) is 30.9 Å². The molecular formula is C21H26N2O2. The van der Waals surface area contributed by atoms with Gasteiger partial charge in [0.1, 0.15) is 5.75 Å². The number of benzene rings is 2. The van der Waals surface area contributed by atoms with Gasteiger partial charge in [0.2, 0.25) is 0 Å². The molecule has 2 aromatic rings. The quantitative estimate of drug-likeness (QED) is 0.883. The minimum atomic E-state index is -0.556. The molecule has 0 saturated carbocycles. The lowest BCUT2D eigenvalue weighted by Crippen LogP contribution is -2.30. The molecule has 0 spiro atoms. The summed E-state index contributed by atoms with van der Waals surface area (Å²) in [6.07, 6.45) is 1.96. The summed E-state index contributed by atoms with van der Waals surface area (Å²) in [5, 5.41) is 2.93. The van der Waals surface area contributed by atoms with E-state index in [0.29, 0.717) is 0 Å². The second-order valence-electron chi connectivity index (χ2n) is 6.81. The molecule has 1 N–H and O–H groups in total. The monoisotopic (exact) mass is 338 g/mol. The Morgan fingerprint density at radius 3 is 2.24 bits per heavy atom. The van der Waals surface area contributed by atoms with E-state index < -0.39 is 6.10 Å². The number of anilines is 2. The maximum Gasteiger partial charge on any atom is 0.265 e. The zero-order chi connectivity index (χ0) is 17.8. The summed E-state index contributed by atoms with van der Waals surface area (Å²) >= 11 is 0. The van der Waals surface area contributed by atoms with Gasteiger partial charge in [-0.05, 0) is 81.1 Å². The fraction of sp³-hybridized carbons (Fsp3) is 0.381. The molecule has 132 valence electrons. The van der Waals surface area contributed by atoms with Crippen LogP contribution in [0.5, 0.6) is 5.75 Å². The van der Waals surface area contributed by atoms with Crippen LogP contribution in [0, 0.1) is 13.8 Å². The predicted molar refractivity (Wildman–Crippen MR) is 103 cm³/mol. The zero-order valence-electron chi connectivity index (χ0n) is 15.2. The Hall–Kier alpha value is -2.49. The summed E-state index contributed by atoms with van der Waals surface area (Å²) < 4.78 is 5.79. The highest BCUT2D eigenvalue weighted by Crippen LogP contribution is 2.22. The highest BCUT2D eigenvalue weighted by molar-refractivity contribution is 5.94. The average molecular weight is 338 g/mol. The first-order valence-corrected chi connectivity index (χ1v) is 8.92. The lowest BCUT2D eigenvalue weighted by molar-refractivity contribution is -0.122. The number of nitrogens with one attached hydrogen (secondary N) is 1. The summed E-state index contributed by atoms with van der Waals surface area (Å²) in [7, 11) is 0. The summed E-state index contributed by atoms with van der Waals surface area (Å²) in [6, 6.07) is 14.0. The standard InChI is InChI=1S/C21H26N2O2/c1-15-12-16(2)14-20(13-15)25-17(3)21(24)22-18-6-8-19(9-7-18)23-10-4-5-11-23/h6-9,12-14,17H,4-5,10-11H2,1-3H3,(H,22,24)/t17-/m1/s1. The van der Waals surface area contributed by atoms with Gasteiger partial charge in [-0.2, -0.15) is 0 Å². The molecular weight excluding hydrogens is 312 g/mol. The Bertz CT molecular complexity index is 714.